The number of hydrogen-bond donors (Lipinski definition) is 5. The summed E-state index contributed by atoms with van der Waals surface area (Å²) in [6.07, 6.45) is 2.56. The van der Waals surface area contributed by atoms with Crippen LogP contribution in [-0.2, 0) is 4.79 Å². The third-order valence-electron chi connectivity index (χ3n) is 3.16. The van der Waals surface area contributed by atoms with Crippen LogP contribution in [0.3, 0.4) is 0 Å². The number of carboxylic acids is 1. The van der Waals surface area contributed by atoms with Crippen molar-refractivity contribution in [1.82, 2.24) is 9.97 Å². The standard InChI is InChI=1S/C11H12O4.C6H8ClN7O.ClH/c1-14-9-5-3-8(4-6-11(12)13)7-10(9)15-2;7-2-4(9)13-3(8)1(12-2)5(15)14-6(10)11;/h3-7H,1-2H3,(H,12,13);(H4,8,9,13)(H4,10,11,14,15);1H. The number of aliphatic imine (C=N–C) groups is 1. The number of halogens is 2. The number of benzene rings is 1. The molecular weight excluding hydrogens is 453 g/mol. The van der Waals surface area contributed by atoms with E-state index in [0.717, 1.165) is 11.6 Å². The first-order valence-corrected chi connectivity index (χ1v) is 8.32. The second-order valence-electron chi connectivity index (χ2n) is 5.26. The van der Waals surface area contributed by atoms with Crippen LogP contribution in [0.15, 0.2) is 29.3 Å². The van der Waals surface area contributed by atoms with Gasteiger partial charge in [0, 0.05) is 6.08 Å². The van der Waals surface area contributed by atoms with Gasteiger partial charge in [0.1, 0.15) is 0 Å². The van der Waals surface area contributed by atoms with Crippen LogP contribution in [0.5, 0.6) is 11.5 Å². The number of nitrogens with zero attached hydrogens (tertiary/aromatic N) is 3. The Balaban J connectivity index is 0.000000562. The average molecular weight is 474 g/mol. The first-order chi connectivity index (χ1) is 14.1. The minimum Gasteiger partial charge on any atom is -0.493 e. The highest BCUT2D eigenvalue weighted by Gasteiger charge is 2.15. The number of carbonyl (C=O) groups excluding carboxylic acids is 1. The number of rotatable bonds is 5. The molecule has 0 saturated carbocycles. The minimum atomic E-state index is -0.982. The zero-order chi connectivity index (χ0) is 22.8. The van der Waals surface area contributed by atoms with Crippen molar-refractivity contribution >= 4 is 59.6 Å². The van der Waals surface area contributed by atoms with E-state index >= 15 is 0 Å². The van der Waals surface area contributed by atoms with Crippen molar-refractivity contribution in [2.45, 2.75) is 0 Å². The molecule has 31 heavy (non-hydrogen) atoms. The van der Waals surface area contributed by atoms with Gasteiger partial charge in [-0.2, -0.15) is 4.99 Å². The first-order valence-electron chi connectivity index (χ1n) is 7.94. The van der Waals surface area contributed by atoms with Crippen LogP contribution < -0.4 is 32.4 Å². The minimum absolute atomic E-state index is 0. The molecule has 1 aromatic heterocycles. The Bertz CT molecular complexity index is 995. The summed E-state index contributed by atoms with van der Waals surface area (Å²) in [5.41, 5.74) is 21.2. The molecule has 0 radical (unpaired) electrons. The molecule has 2 rings (SSSR count). The van der Waals surface area contributed by atoms with Crippen molar-refractivity contribution in [1.29, 1.82) is 0 Å². The largest absolute Gasteiger partial charge is 0.493 e. The number of aliphatic carboxylic acids is 1. The van der Waals surface area contributed by atoms with E-state index in [4.69, 9.17) is 49.1 Å². The maximum Gasteiger partial charge on any atom is 0.328 e. The zero-order valence-electron chi connectivity index (χ0n) is 16.4. The normalized spacial score (nSPS) is 9.65. The van der Waals surface area contributed by atoms with Crippen molar-refractivity contribution < 1.29 is 24.2 Å². The van der Waals surface area contributed by atoms with Gasteiger partial charge in [0.25, 0.3) is 0 Å². The van der Waals surface area contributed by atoms with E-state index < -0.39 is 17.8 Å². The molecular formula is C17H21Cl2N7O5. The van der Waals surface area contributed by atoms with Crippen LogP contribution in [-0.4, -0.2) is 47.1 Å². The number of nitrogens with two attached hydrogens (primary N) is 4. The lowest BCUT2D eigenvalue weighted by atomic mass is 10.2. The van der Waals surface area contributed by atoms with E-state index in [1.807, 2.05) is 0 Å². The predicted molar refractivity (Wildman–Crippen MR) is 119 cm³/mol. The highest BCUT2D eigenvalue weighted by atomic mass is 35.5. The molecule has 0 spiro atoms. The summed E-state index contributed by atoms with van der Waals surface area (Å²) in [6.45, 7) is 0. The van der Waals surface area contributed by atoms with Crippen LogP contribution >= 0.6 is 24.0 Å². The van der Waals surface area contributed by atoms with Crippen LogP contribution in [0.4, 0.5) is 11.6 Å². The van der Waals surface area contributed by atoms with Gasteiger partial charge in [-0.3, -0.25) is 4.79 Å². The molecule has 0 fully saturated rings. The fraction of sp³-hybridized carbons (Fsp3) is 0.118. The molecule has 0 aliphatic rings. The molecule has 0 bridgehead atoms. The Hall–Kier alpha value is -3.77. The van der Waals surface area contributed by atoms with Gasteiger partial charge in [0.2, 0.25) is 0 Å². The summed E-state index contributed by atoms with van der Waals surface area (Å²) in [5.74, 6) is -1.29. The maximum atomic E-state index is 11.3. The van der Waals surface area contributed by atoms with Crippen molar-refractivity contribution in [3.8, 4) is 11.5 Å². The summed E-state index contributed by atoms with van der Waals surface area (Å²) < 4.78 is 10.1. The average Bonchev–Trinajstić information content (AvgIpc) is 2.68. The second-order valence-corrected chi connectivity index (χ2v) is 5.62. The second kappa shape index (κ2) is 12.7. The van der Waals surface area contributed by atoms with Gasteiger partial charge in [-0.25, -0.2) is 14.8 Å². The molecule has 1 aromatic carbocycles. The fourth-order valence-corrected chi connectivity index (χ4v) is 2.02. The molecule has 0 unspecified atom stereocenters. The summed E-state index contributed by atoms with van der Waals surface area (Å²) in [4.78, 5) is 32.0. The van der Waals surface area contributed by atoms with E-state index in [9.17, 15) is 9.59 Å². The number of methoxy groups -OCH3 is 2. The zero-order valence-corrected chi connectivity index (χ0v) is 18.0. The molecule has 12 nitrogen and oxygen atoms in total. The van der Waals surface area contributed by atoms with Gasteiger partial charge in [0.05, 0.1) is 14.2 Å². The Labute approximate surface area is 188 Å². The number of anilines is 2. The fourth-order valence-electron chi connectivity index (χ4n) is 1.89. The van der Waals surface area contributed by atoms with Crippen LogP contribution in [0.25, 0.3) is 6.08 Å². The molecule has 168 valence electrons. The SMILES string of the molecule is COc1ccc(C=CC(=O)O)cc1OC.Cl.NC(N)=NC(=O)c1nc(Cl)c(N)nc1N. The quantitative estimate of drug-likeness (QED) is 0.233. The smallest absolute Gasteiger partial charge is 0.328 e. The number of ether oxygens (including phenoxy) is 2. The number of guanidine groups is 1. The van der Waals surface area contributed by atoms with Gasteiger partial charge in [-0.1, -0.05) is 17.7 Å². The highest BCUT2D eigenvalue weighted by molar-refractivity contribution is 6.31. The first kappa shape index (κ1) is 27.2. The van der Waals surface area contributed by atoms with Crippen LogP contribution in [0.2, 0.25) is 5.15 Å². The molecule has 9 N–H and O–H groups in total. The van der Waals surface area contributed by atoms with E-state index in [1.165, 1.54) is 13.2 Å². The molecule has 0 aliphatic heterocycles. The highest BCUT2D eigenvalue weighted by Crippen LogP contribution is 2.27. The summed E-state index contributed by atoms with van der Waals surface area (Å²) in [7, 11) is 3.08. The van der Waals surface area contributed by atoms with Crippen molar-refractivity contribution in [2.24, 2.45) is 16.5 Å². The van der Waals surface area contributed by atoms with E-state index in [1.54, 1.807) is 25.3 Å². The van der Waals surface area contributed by atoms with Gasteiger partial charge in [0.15, 0.2) is 39.9 Å². The lowest BCUT2D eigenvalue weighted by Gasteiger charge is -2.07. The Morgan fingerprint density at radius 2 is 1.71 bits per heavy atom. The predicted octanol–water partition coefficient (Wildman–Crippen LogP) is 0.931. The lowest BCUT2D eigenvalue weighted by Crippen LogP contribution is -2.24. The third-order valence-corrected chi connectivity index (χ3v) is 3.44. The third kappa shape index (κ3) is 8.64. The molecule has 14 heteroatoms. The number of amides is 1. The number of aromatic nitrogens is 2. The van der Waals surface area contributed by atoms with Gasteiger partial charge >= 0.3 is 11.9 Å². The van der Waals surface area contributed by atoms with Gasteiger partial charge in [-0.15, -0.1) is 12.4 Å². The number of carboxylic acid groups (broad SMARTS) is 1. The number of hydrogen-bond acceptors (Lipinski definition) is 8. The number of nitrogen functional groups attached to an aromatic ring is 2. The summed E-state index contributed by atoms with van der Waals surface area (Å²) >= 11 is 5.55. The van der Waals surface area contributed by atoms with Crippen molar-refractivity contribution in [3.63, 3.8) is 0 Å². The summed E-state index contributed by atoms with van der Waals surface area (Å²) in [6, 6.07) is 5.18. The monoisotopic (exact) mass is 473 g/mol. The molecule has 1 amide bonds. The molecule has 2 aromatic rings. The Kier molecular flexibility index (Phi) is 11.2. The Morgan fingerprint density at radius 1 is 1.10 bits per heavy atom. The van der Waals surface area contributed by atoms with E-state index in [0.29, 0.717) is 11.5 Å². The topological polar surface area (TPSA) is 215 Å². The van der Waals surface area contributed by atoms with Crippen molar-refractivity contribution in [3.05, 3.63) is 40.7 Å². The lowest BCUT2D eigenvalue weighted by molar-refractivity contribution is -0.131. The van der Waals surface area contributed by atoms with Gasteiger partial charge in [-0.05, 0) is 23.8 Å². The summed E-state index contributed by atoms with van der Waals surface area (Å²) in [5, 5.41) is 8.32. The van der Waals surface area contributed by atoms with Crippen LogP contribution in [0, 0.1) is 0 Å². The molecule has 0 atom stereocenters. The number of carbonyl (C=O) groups is 2. The maximum absolute atomic E-state index is 11.3. The van der Waals surface area contributed by atoms with Crippen molar-refractivity contribution in [2.75, 3.05) is 25.7 Å². The van der Waals surface area contributed by atoms with Gasteiger partial charge < -0.3 is 37.5 Å². The van der Waals surface area contributed by atoms with E-state index in [-0.39, 0.29) is 34.9 Å². The molecule has 0 aliphatic carbocycles. The molecule has 1 heterocycles. The van der Waals surface area contributed by atoms with E-state index in [2.05, 4.69) is 15.0 Å². The Morgan fingerprint density at radius 3 is 2.23 bits per heavy atom. The molecule has 0 saturated heterocycles. The van der Waals surface area contributed by atoms with Crippen LogP contribution in [0.1, 0.15) is 16.1 Å².